The zero-order valence-corrected chi connectivity index (χ0v) is 7.12. The fourth-order valence-corrected chi connectivity index (χ4v) is 1.22. The Morgan fingerprint density at radius 3 is 2.58 bits per heavy atom. The molecule has 0 N–H and O–H groups in total. The van der Waals surface area contributed by atoms with Crippen LogP contribution >= 0.6 is 12.2 Å². The van der Waals surface area contributed by atoms with Crippen molar-refractivity contribution < 1.29 is 4.74 Å². The van der Waals surface area contributed by atoms with Crippen LogP contribution in [0.3, 0.4) is 0 Å². The minimum Gasteiger partial charge on any atom is -0.453 e. The molecule has 0 radical (unpaired) electrons. The number of rotatable bonds is 1. The predicted octanol–water partition coefficient (Wildman–Crippen LogP) is 2.11. The smallest absolute Gasteiger partial charge is 0.216 e. The van der Waals surface area contributed by atoms with Gasteiger partial charge in [0.05, 0.1) is 6.21 Å². The average Bonchev–Trinajstić information content (AvgIpc) is 2.54. The maximum Gasteiger partial charge on any atom is 0.216 e. The van der Waals surface area contributed by atoms with Gasteiger partial charge in [-0.3, -0.25) is 0 Å². The Kier molecular flexibility index (Phi) is 1.87. The summed E-state index contributed by atoms with van der Waals surface area (Å²) in [6.45, 7) is 0. The molecule has 1 aromatic carbocycles. The lowest BCUT2D eigenvalue weighted by atomic mass is 10.2. The quantitative estimate of drug-likeness (QED) is 0.613. The molecule has 3 heteroatoms. The van der Waals surface area contributed by atoms with E-state index in [1.807, 2.05) is 30.3 Å². The van der Waals surface area contributed by atoms with Gasteiger partial charge >= 0.3 is 0 Å². The summed E-state index contributed by atoms with van der Waals surface area (Å²) in [6.07, 6.45) is 1.35. The molecule has 1 heterocycles. The number of thiocarbonyl (C=S) groups is 1. The Balaban J connectivity index is 2.23. The molecule has 1 unspecified atom stereocenters. The second kappa shape index (κ2) is 3.03. The average molecular weight is 177 g/mol. The molecule has 60 valence electrons. The van der Waals surface area contributed by atoms with Gasteiger partial charge in [0, 0.05) is 5.56 Å². The van der Waals surface area contributed by atoms with Crippen molar-refractivity contribution in [1.29, 1.82) is 0 Å². The van der Waals surface area contributed by atoms with E-state index in [2.05, 4.69) is 4.99 Å². The van der Waals surface area contributed by atoms with Gasteiger partial charge in [-0.2, -0.15) is 0 Å². The number of nitrogens with zero attached hydrogens (tertiary/aromatic N) is 1. The standard InChI is InChI=1S/C9H7NOS/c12-8-6-10-9(11-8)7-4-2-1-3-5-7/h1-6,9H. The van der Waals surface area contributed by atoms with E-state index in [-0.39, 0.29) is 6.23 Å². The van der Waals surface area contributed by atoms with Crippen molar-refractivity contribution in [2.45, 2.75) is 6.23 Å². The molecule has 2 nitrogen and oxygen atoms in total. The monoisotopic (exact) mass is 177 g/mol. The van der Waals surface area contributed by atoms with Crippen LogP contribution < -0.4 is 0 Å². The van der Waals surface area contributed by atoms with E-state index in [1.54, 1.807) is 6.21 Å². The summed E-state index contributed by atoms with van der Waals surface area (Å²) in [4.78, 5) is 4.10. The number of hydrogen-bond donors (Lipinski definition) is 0. The van der Waals surface area contributed by atoms with Gasteiger partial charge in [-0.1, -0.05) is 30.3 Å². The lowest BCUT2D eigenvalue weighted by Gasteiger charge is -2.06. The second-order valence-electron chi connectivity index (χ2n) is 2.48. The maximum atomic E-state index is 5.26. The van der Waals surface area contributed by atoms with Gasteiger partial charge in [0.2, 0.25) is 11.3 Å². The second-order valence-corrected chi connectivity index (χ2v) is 2.88. The topological polar surface area (TPSA) is 21.6 Å². The summed E-state index contributed by atoms with van der Waals surface area (Å²) in [6, 6.07) is 9.80. The van der Waals surface area contributed by atoms with Crippen molar-refractivity contribution in [1.82, 2.24) is 0 Å². The van der Waals surface area contributed by atoms with E-state index in [0.29, 0.717) is 5.05 Å². The summed E-state index contributed by atoms with van der Waals surface area (Å²) >= 11 is 4.82. The van der Waals surface area contributed by atoms with Crippen LogP contribution in [-0.4, -0.2) is 11.3 Å². The molecule has 0 bridgehead atoms. The third-order valence-corrected chi connectivity index (χ3v) is 1.83. The number of benzene rings is 1. The summed E-state index contributed by atoms with van der Waals surface area (Å²) < 4.78 is 5.26. The molecule has 0 saturated heterocycles. The molecule has 0 spiro atoms. The molecule has 0 aliphatic carbocycles. The van der Waals surface area contributed by atoms with Crippen molar-refractivity contribution in [2.75, 3.05) is 0 Å². The Hall–Kier alpha value is -1.22. The lowest BCUT2D eigenvalue weighted by Crippen LogP contribution is -1.98. The van der Waals surface area contributed by atoms with Gasteiger partial charge in [-0.15, -0.1) is 0 Å². The maximum absolute atomic E-state index is 5.26. The molecular formula is C9H7NOS. The SMILES string of the molecule is S=C1C=NC(c2ccccc2)O1. The molecule has 0 saturated carbocycles. The van der Waals surface area contributed by atoms with Crippen molar-refractivity contribution in [3.05, 3.63) is 35.9 Å². The first kappa shape index (κ1) is 7.43. The summed E-state index contributed by atoms with van der Waals surface area (Å²) in [5.41, 5.74) is 1.04. The third-order valence-electron chi connectivity index (χ3n) is 1.63. The highest BCUT2D eigenvalue weighted by molar-refractivity contribution is 7.81. The van der Waals surface area contributed by atoms with Crippen LogP contribution in [0.1, 0.15) is 11.8 Å². The van der Waals surface area contributed by atoms with Crippen LogP contribution in [0.25, 0.3) is 0 Å². The lowest BCUT2D eigenvalue weighted by molar-refractivity contribution is 0.227. The molecule has 1 aromatic rings. The van der Waals surface area contributed by atoms with Crippen molar-refractivity contribution in [3.8, 4) is 0 Å². The number of hydrogen-bond acceptors (Lipinski definition) is 3. The molecule has 1 atom stereocenters. The molecule has 0 fully saturated rings. The Labute approximate surface area is 75.9 Å². The molecule has 12 heavy (non-hydrogen) atoms. The first-order valence-electron chi connectivity index (χ1n) is 3.65. The van der Waals surface area contributed by atoms with Crippen molar-refractivity contribution in [3.63, 3.8) is 0 Å². The molecule has 0 amide bonds. The van der Waals surface area contributed by atoms with Gasteiger partial charge in [0.25, 0.3) is 0 Å². The van der Waals surface area contributed by atoms with Gasteiger partial charge in [-0.25, -0.2) is 4.99 Å². The third kappa shape index (κ3) is 1.36. The van der Waals surface area contributed by atoms with E-state index in [4.69, 9.17) is 17.0 Å². The summed E-state index contributed by atoms with van der Waals surface area (Å²) in [5.74, 6) is 0. The van der Waals surface area contributed by atoms with Crippen molar-refractivity contribution >= 4 is 23.5 Å². The first-order valence-corrected chi connectivity index (χ1v) is 4.06. The summed E-state index contributed by atoms with van der Waals surface area (Å²) in [5, 5.41) is 0.462. The Morgan fingerprint density at radius 2 is 2.00 bits per heavy atom. The van der Waals surface area contributed by atoms with Gasteiger partial charge in [0.1, 0.15) is 0 Å². The van der Waals surface area contributed by atoms with E-state index in [0.717, 1.165) is 5.56 Å². The molecule has 0 aromatic heterocycles. The highest BCUT2D eigenvalue weighted by Crippen LogP contribution is 2.21. The van der Waals surface area contributed by atoms with E-state index >= 15 is 0 Å². The highest BCUT2D eigenvalue weighted by Gasteiger charge is 2.16. The molecule has 1 aliphatic heterocycles. The minimum absolute atomic E-state index is 0.223. The van der Waals surface area contributed by atoms with Gasteiger partial charge < -0.3 is 4.74 Å². The minimum atomic E-state index is -0.223. The van der Waals surface area contributed by atoms with E-state index < -0.39 is 0 Å². The largest absolute Gasteiger partial charge is 0.453 e. The summed E-state index contributed by atoms with van der Waals surface area (Å²) in [7, 11) is 0. The van der Waals surface area contributed by atoms with E-state index in [9.17, 15) is 0 Å². The predicted molar refractivity (Wildman–Crippen MR) is 51.4 cm³/mol. The van der Waals surface area contributed by atoms with E-state index in [1.165, 1.54) is 0 Å². The molecular weight excluding hydrogens is 170 g/mol. The zero-order valence-electron chi connectivity index (χ0n) is 6.31. The van der Waals surface area contributed by atoms with Crippen LogP contribution in [0.4, 0.5) is 0 Å². The van der Waals surface area contributed by atoms with Crippen LogP contribution in [0.2, 0.25) is 0 Å². The highest BCUT2D eigenvalue weighted by atomic mass is 32.1. The van der Waals surface area contributed by atoms with Crippen LogP contribution in [-0.2, 0) is 4.74 Å². The first-order chi connectivity index (χ1) is 5.86. The fourth-order valence-electron chi connectivity index (χ4n) is 1.07. The zero-order chi connectivity index (χ0) is 8.39. The van der Waals surface area contributed by atoms with Crippen LogP contribution in [0.5, 0.6) is 0 Å². The normalized spacial score (nSPS) is 21.0. The molecule has 1 aliphatic rings. The van der Waals surface area contributed by atoms with Gasteiger partial charge in [0.15, 0.2) is 0 Å². The molecule has 2 rings (SSSR count). The van der Waals surface area contributed by atoms with Crippen LogP contribution in [0, 0.1) is 0 Å². The van der Waals surface area contributed by atoms with Crippen molar-refractivity contribution in [2.24, 2.45) is 4.99 Å². The van der Waals surface area contributed by atoms with Crippen LogP contribution in [0.15, 0.2) is 35.3 Å². The fraction of sp³-hybridized carbons (Fsp3) is 0.111. The number of aliphatic imine (C=N–C) groups is 1. The van der Waals surface area contributed by atoms with Gasteiger partial charge in [-0.05, 0) is 12.2 Å². The Morgan fingerprint density at radius 1 is 1.25 bits per heavy atom. The number of ether oxygens (including phenoxy) is 1. The Bertz CT molecular complexity index is 321.